The maximum absolute atomic E-state index is 14.7. The number of amides is 1. The predicted octanol–water partition coefficient (Wildman–Crippen LogP) is 4.37. The Bertz CT molecular complexity index is 934. The van der Waals surface area contributed by atoms with Crippen LogP contribution in [0.25, 0.3) is 10.9 Å². The van der Waals surface area contributed by atoms with E-state index in [2.05, 4.69) is 25.9 Å². The number of hydrogen-bond donors (Lipinski definition) is 0. The van der Waals surface area contributed by atoms with E-state index in [1.54, 1.807) is 17.0 Å². The summed E-state index contributed by atoms with van der Waals surface area (Å²) >= 11 is 3.20. The summed E-state index contributed by atoms with van der Waals surface area (Å²) in [5.74, 6) is 0.0915. The number of hydrogen-bond acceptors (Lipinski definition) is 6. The van der Waals surface area contributed by atoms with Crippen molar-refractivity contribution in [2.45, 2.75) is 51.8 Å². The molecule has 1 aliphatic rings. The van der Waals surface area contributed by atoms with E-state index in [0.29, 0.717) is 22.2 Å². The molecule has 0 radical (unpaired) electrons. The second-order valence-electron chi connectivity index (χ2n) is 8.17. The molecule has 1 fully saturated rings. The molecular weight excluding hydrogens is 443 g/mol. The van der Waals surface area contributed by atoms with Gasteiger partial charge in [-0.1, -0.05) is 0 Å². The number of halogens is 2. The summed E-state index contributed by atoms with van der Waals surface area (Å²) in [6, 6.07) is 3.38. The van der Waals surface area contributed by atoms with Crippen molar-refractivity contribution in [3.05, 3.63) is 22.4 Å². The molecule has 1 saturated heterocycles. The molecule has 2 unspecified atom stereocenters. The van der Waals surface area contributed by atoms with Gasteiger partial charge in [-0.25, -0.2) is 9.18 Å². The largest absolute Gasteiger partial charge is 0.467 e. The minimum absolute atomic E-state index is 0.0166. The first kappa shape index (κ1) is 21.5. The first-order valence-corrected chi connectivity index (χ1v) is 10.2. The van der Waals surface area contributed by atoms with Crippen LogP contribution in [-0.4, -0.2) is 59.3 Å². The highest BCUT2D eigenvalue weighted by Gasteiger charge is 2.39. The maximum Gasteiger partial charge on any atom is 0.410 e. The van der Waals surface area contributed by atoms with Crippen molar-refractivity contribution in [1.82, 2.24) is 14.9 Å². The Balaban J connectivity index is 1.95. The van der Waals surface area contributed by atoms with E-state index in [9.17, 15) is 9.18 Å². The van der Waals surface area contributed by atoms with Crippen molar-refractivity contribution in [2.75, 3.05) is 25.6 Å². The number of carbonyl (C=O) groups is 1. The fraction of sp³-hybridized carbons (Fsp3) is 0.550. The number of ether oxygens (including phenoxy) is 2. The van der Waals surface area contributed by atoms with Crippen LogP contribution in [0.1, 0.15) is 34.1 Å². The number of fused-ring (bicyclic) bond motifs is 1. The SMILES string of the molecule is COc1nc(N(C)C2CCN(C(=O)OC(C)(C)C)C2C)c2ccc(Br)c(F)c2n1. The summed E-state index contributed by atoms with van der Waals surface area (Å²) in [5.41, 5.74) is -0.371. The number of methoxy groups -OCH3 is 1. The average molecular weight is 469 g/mol. The first-order valence-electron chi connectivity index (χ1n) is 9.45. The molecule has 1 aromatic carbocycles. The summed E-state index contributed by atoms with van der Waals surface area (Å²) in [5, 5.41) is 0.580. The van der Waals surface area contributed by atoms with Gasteiger partial charge in [0.1, 0.15) is 16.9 Å². The van der Waals surface area contributed by atoms with Crippen LogP contribution in [-0.2, 0) is 4.74 Å². The van der Waals surface area contributed by atoms with Gasteiger partial charge in [0.2, 0.25) is 0 Å². The molecule has 0 N–H and O–H groups in total. The average Bonchev–Trinajstić information content (AvgIpc) is 3.03. The fourth-order valence-corrected chi connectivity index (χ4v) is 3.96. The monoisotopic (exact) mass is 468 g/mol. The summed E-state index contributed by atoms with van der Waals surface area (Å²) in [7, 11) is 3.34. The van der Waals surface area contributed by atoms with Crippen LogP contribution < -0.4 is 9.64 Å². The zero-order valence-corrected chi connectivity index (χ0v) is 19.1. The van der Waals surface area contributed by atoms with Gasteiger partial charge in [0.25, 0.3) is 0 Å². The normalized spacial score (nSPS) is 19.5. The lowest BCUT2D eigenvalue weighted by Gasteiger charge is -2.33. The second kappa shape index (κ2) is 7.93. The molecule has 1 amide bonds. The van der Waals surface area contributed by atoms with E-state index < -0.39 is 11.4 Å². The van der Waals surface area contributed by atoms with Gasteiger partial charge in [-0.3, -0.25) is 0 Å². The third-order valence-electron chi connectivity index (χ3n) is 5.08. The molecule has 0 saturated carbocycles. The molecule has 158 valence electrons. The molecular formula is C20H26BrFN4O3. The Kier molecular flexibility index (Phi) is 5.89. The molecule has 0 aliphatic carbocycles. The molecule has 2 aromatic rings. The van der Waals surface area contributed by atoms with Gasteiger partial charge < -0.3 is 19.3 Å². The van der Waals surface area contributed by atoms with Crippen molar-refractivity contribution in [2.24, 2.45) is 0 Å². The van der Waals surface area contributed by atoms with E-state index in [1.165, 1.54) is 7.11 Å². The number of aromatic nitrogens is 2. The van der Waals surface area contributed by atoms with Crippen molar-refractivity contribution in [1.29, 1.82) is 0 Å². The number of likely N-dealkylation sites (N-methyl/N-ethyl adjacent to an activating group) is 1. The fourth-order valence-electron chi connectivity index (χ4n) is 3.64. The van der Waals surface area contributed by atoms with Crippen LogP contribution in [0.2, 0.25) is 0 Å². The number of benzene rings is 1. The Morgan fingerprint density at radius 1 is 1.34 bits per heavy atom. The lowest BCUT2D eigenvalue weighted by Crippen LogP contribution is -2.45. The smallest absolute Gasteiger partial charge is 0.410 e. The molecule has 0 bridgehead atoms. The topological polar surface area (TPSA) is 67.8 Å². The van der Waals surface area contributed by atoms with Gasteiger partial charge in [0.15, 0.2) is 5.82 Å². The molecule has 1 aromatic heterocycles. The highest BCUT2D eigenvalue weighted by molar-refractivity contribution is 9.10. The minimum Gasteiger partial charge on any atom is -0.467 e. The van der Waals surface area contributed by atoms with E-state index in [-0.39, 0.29) is 29.7 Å². The first-order chi connectivity index (χ1) is 13.5. The Hall–Kier alpha value is -2.16. The number of carbonyl (C=O) groups excluding carboxylic acids is 1. The lowest BCUT2D eigenvalue weighted by molar-refractivity contribution is 0.0233. The van der Waals surface area contributed by atoms with Gasteiger partial charge in [-0.15, -0.1) is 0 Å². The van der Waals surface area contributed by atoms with Gasteiger partial charge >= 0.3 is 12.1 Å². The van der Waals surface area contributed by atoms with Gasteiger partial charge in [-0.2, -0.15) is 9.97 Å². The van der Waals surface area contributed by atoms with Crippen molar-refractivity contribution in [3.8, 4) is 6.01 Å². The second-order valence-corrected chi connectivity index (χ2v) is 9.03. The molecule has 2 heterocycles. The van der Waals surface area contributed by atoms with Crippen LogP contribution in [0.5, 0.6) is 6.01 Å². The molecule has 2 atom stereocenters. The van der Waals surface area contributed by atoms with Gasteiger partial charge in [0, 0.05) is 19.0 Å². The Morgan fingerprint density at radius 2 is 2.03 bits per heavy atom. The molecule has 29 heavy (non-hydrogen) atoms. The number of anilines is 1. The van der Waals surface area contributed by atoms with E-state index in [4.69, 9.17) is 9.47 Å². The molecule has 1 aliphatic heterocycles. The van der Waals surface area contributed by atoms with Crippen LogP contribution in [0.4, 0.5) is 15.0 Å². The molecule has 9 heteroatoms. The predicted molar refractivity (Wildman–Crippen MR) is 113 cm³/mol. The number of likely N-dealkylation sites (tertiary alicyclic amines) is 1. The lowest BCUT2D eigenvalue weighted by atomic mass is 10.1. The minimum atomic E-state index is -0.554. The summed E-state index contributed by atoms with van der Waals surface area (Å²) < 4.78 is 25.7. The third kappa shape index (κ3) is 4.24. The molecule has 7 nitrogen and oxygen atoms in total. The Labute approximate surface area is 178 Å². The number of nitrogens with zero attached hydrogens (tertiary/aromatic N) is 4. The zero-order valence-electron chi connectivity index (χ0n) is 17.5. The van der Waals surface area contributed by atoms with Gasteiger partial charge in [-0.05, 0) is 62.2 Å². The molecule has 0 spiro atoms. The van der Waals surface area contributed by atoms with Crippen LogP contribution in [0, 0.1) is 5.82 Å². The summed E-state index contributed by atoms with van der Waals surface area (Å²) in [6.07, 6.45) is 0.407. The van der Waals surface area contributed by atoms with E-state index >= 15 is 0 Å². The third-order valence-corrected chi connectivity index (χ3v) is 5.69. The van der Waals surface area contributed by atoms with Crippen LogP contribution >= 0.6 is 15.9 Å². The quantitative estimate of drug-likeness (QED) is 0.665. The van der Waals surface area contributed by atoms with Crippen LogP contribution in [0.15, 0.2) is 16.6 Å². The van der Waals surface area contributed by atoms with Crippen LogP contribution in [0.3, 0.4) is 0 Å². The maximum atomic E-state index is 14.7. The van der Waals surface area contributed by atoms with Crippen molar-refractivity contribution in [3.63, 3.8) is 0 Å². The zero-order chi connectivity index (χ0) is 21.5. The Morgan fingerprint density at radius 3 is 2.66 bits per heavy atom. The van der Waals surface area contributed by atoms with E-state index in [1.807, 2.05) is 39.6 Å². The molecule has 3 rings (SSSR count). The highest BCUT2D eigenvalue weighted by atomic mass is 79.9. The van der Waals surface area contributed by atoms with E-state index in [0.717, 1.165) is 6.42 Å². The van der Waals surface area contributed by atoms with Crippen molar-refractivity contribution >= 4 is 38.7 Å². The van der Waals surface area contributed by atoms with Gasteiger partial charge in [0.05, 0.1) is 23.7 Å². The number of rotatable bonds is 3. The standard InChI is InChI=1S/C20H26BrFN4O3/c1-11-14(9-10-26(11)19(27)29-20(2,3)4)25(5)17-12-7-8-13(21)15(22)16(12)23-18(24-17)28-6/h7-8,11,14H,9-10H2,1-6H3. The summed E-state index contributed by atoms with van der Waals surface area (Å²) in [6.45, 7) is 8.10. The van der Waals surface area contributed by atoms with Crippen molar-refractivity contribution < 1.29 is 18.7 Å². The summed E-state index contributed by atoms with van der Waals surface area (Å²) in [4.78, 5) is 24.9. The highest BCUT2D eigenvalue weighted by Crippen LogP contribution is 2.34.